The van der Waals surface area contributed by atoms with Crippen LogP contribution < -0.4 is 4.74 Å². The molecule has 0 bridgehead atoms. The van der Waals surface area contributed by atoms with Gasteiger partial charge in [-0.25, -0.2) is 9.37 Å². The number of halogens is 3. The van der Waals surface area contributed by atoms with Crippen molar-refractivity contribution in [3.63, 3.8) is 0 Å². The molecule has 1 unspecified atom stereocenters. The maximum Gasteiger partial charge on any atom is 0.387 e. The number of carboxylic acid groups (broad SMARTS) is 1. The second-order valence-electron chi connectivity index (χ2n) is 14.0. The number of hydrogen-bond donors (Lipinski definition) is 1. The van der Waals surface area contributed by atoms with E-state index in [1.807, 2.05) is 74.5 Å². The fourth-order valence-corrected chi connectivity index (χ4v) is 7.96. The first kappa shape index (κ1) is 34.6. The van der Waals surface area contributed by atoms with Gasteiger partial charge in [-0.1, -0.05) is 66.7 Å². The van der Waals surface area contributed by atoms with Gasteiger partial charge in [0.05, 0.1) is 0 Å². The van der Waals surface area contributed by atoms with E-state index in [0.717, 1.165) is 52.0 Å². The molecule has 53 heavy (non-hydrogen) atoms. The van der Waals surface area contributed by atoms with E-state index in [0.29, 0.717) is 48.5 Å². The summed E-state index contributed by atoms with van der Waals surface area (Å²) < 4.78 is 53.6. The fourth-order valence-electron chi connectivity index (χ4n) is 7.96. The Balaban J connectivity index is 1.08. The number of aliphatic carboxylic acids is 1. The van der Waals surface area contributed by atoms with E-state index in [1.165, 1.54) is 17.2 Å². The number of alkyl halides is 2. The van der Waals surface area contributed by atoms with E-state index < -0.39 is 18.6 Å². The number of benzene rings is 5. The monoisotopic (exact) mass is 717 g/mol. The van der Waals surface area contributed by atoms with Crippen molar-refractivity contribution in [3.8, 4) is 39.5 Å². The van der Waals surface area contributed by atoms with Gasteiger partial charge in [0.2, 0.25) is 5.89 Å². The topological polar surface area (TPSA) is 79.0 Å². The van der Waals surface area contributed by atoms with Crippen molar-refractivity contribution < 1.29 is 32.2 Å². The van der Waals surface area contributed by atoms with Crippen LogP contribution in [0.2, 0.25) is 0 Å². The summed E-state index contributed by atoms with van der Waals surface area (Å²) in [5.41, 5.74) is 10.7. The van der Waals surface area contributed by atoms with E-state index in [4.69, 9.17) is 14.1 Å². The molecule has 10 heteroatoms. The van der Waals surface area contributed by atoms with Crippen LogP contribution in [0.1, 0.15) is 46.2 Å². The molecule has 0 radical (unpaired) electrons. The van der Waals surface area contributed by atoms with Crippen LogP contribution in [0.5, 0.6) is 5.75 Å². The van der Waals surface area contributed by atoms with Crippen LogP contribution in [0.4, 0.5) is 13.2 Å². The minimum Gasteiger partial charge on any atom is -0.480 e. The zero-order valence-corrected chi connectivity index (χ0v) is 29.4. The number of carbonyl (C=O) groups is 1. The third-order valence-corrected chi connectivity index (χ3v) is 10.7. The van der Waals surface area contributed by atoms with E-state index in [1.54, 1.807) is 17.0 Å². The van der Waals surface area contributed by atoms with Gasteiger partial charge in [-0.3, -0.25) is 14.6 Å². The third kappa shape index (κ3) is 6.80. The highest BCUT2D eigenvalue weighted by Gasteiger charge is 2.31. The molecule has 6 aromatic rings. The molecule has 270 valence electrons. The molecular formula is C43H38F3N3O4. The zero-order chi connectivity index (χ0) is 36.8. The van der Waals surface area contributed by atoms with E-state index >= 15 is 4.39 Å². The largest absolute Gasteiger partial charge is 0.480 e. The second kappa shape index (κ2) is 14.2. The van der Waals surface area contributed by atoms with Crippen LogP contribution >= 0.6 is 0 Å². The second-order valence-corrected chi connectivity index (χ2v) is 14.0. The molecular weight excluding hydrogens is 679 g/mol. The molecule has 5 aromatic carbocycles. The van der Waals surface area contributed by atoms with Crippen molar-refractivity contribution in [2.24, 2.45) is 0 Å². The average molecular weight is 718 g/mol. The average Bonchev–Trinajstić information content (AvgIpc) is 3.88. The smallest absolute Gasteiger partial charge is 0.387 e. The van der Waals surface area contributed by atoms with Crippen molar-refractivity contribution in [2.75, 3.05) is 6.54 Å². The first-order valence-electron chi connectivity index (χ1n) is 17.8. The first-order valence-corrected chi connectivity index (χ1v) is 17.8. The molecule has 2 aliphatic heterocycles. The Morgan fingerprint density at radius 2 is 1.55 bits per heavy atom. The van der Waals surface area contributed by atoms with Gasteiger partial charge < -0.3 is 14.3 Å². The molecule has 1 fully saturated rings. The summed E-state index contributed by atoms with van der Waals surface area (Å²) in [5.74, 6) is -0.929. The molecule has 2 aliphatic rings. The molecule has 1 aromatic heterocycles. The molecule has 0 spiro atoms. The summed E-state index contributed by atoms with van der Waals surface area (Å²) in [7, 11) is 0. The number of hydrogen-bond acceptors (Lipinski definition) is 6. The lowest BCUT2D eigenvalue weighted by Gasteiger charge is -2.22. The van der Waals surface area contributed by atoms with Crippen LogP contribution in [0.25, 0.3) is 44.8 Å². The van der Waals surface area contributed by atoms with Crippen molar-refractivity contribution in [1.82, 2.24) is 14.8 Å². The van der Waals surface area contributed by atoms with Crippen molar-refractivity contribution in [2.45, 2.75) is 65.5 Å². The zero-order valence-electron chi connectivity index (χ0n) is 29.4. The van der Waals surface area contributed by atoms with Crippen LogP contribution in [0.3, 0.4) is 0 Å². The minimum atomic E-state index is -3.07. The van der Waals surface area contributed by atoms with Gasteiger partial charge in [0.25, 0.3) is 0 Å². The number of ether oxygens (including phenoxy) is 1. The highest BCUT2D eigenvalue weighted by atomic mass is 19.3. The standard InChI is InChI=1S/C43H38F3N3O4/c1-25-32(27-15-16-30(36(44)18-27)23-48-21-28-8-3-4-9-29(28)22-48)10-5-11-33(25)34-12-6-13-35(26(34)2)41-47-37-19-31(24-49-17-7-14-38(49)42(50)51)39(53-43(45)46)20-40(37)52-41/h3-6,8-13,15-16,18-20,38,43H,7,14,17,21-24H2,1-2H3,(H,50,51). The molecule has 7 nitrogen and oxygen atoms in total. The number of likely N-dealkylation sites (tertiary alicyclic amines) is 1. The number of nitrogens with zero attached hydrogens (tertiary/aromatic N) is 3. The van der Waals surface area contributed by atoms with Crippen LogP contribution in [0, 0.1) is 19.7 Å². The molecule has 0 amide bonds. The lowest BCUT2D eigenvalue weighted by atomic mass is 9.89. The van der Waals surface area contributed by atoms with E-state index in [9.17, 15) is 18.7 Å². The Morgan fingerprint density at radius 3 is 2.23 bits per heavy atom. The summed E-state index contributed by atoms with van der Waals surface area (Å²) in [4.78, 5) is 20.5. The Kier molecular flexibility index (Phi) is 9.26. The van der Waals surface area contributed by atoms with Gasteiger partial charge in [-0.05, 0) is 95.9 Å². The van der Waals surface area contributed by atoms with Gasteiger partial charge in [0.1, 0.15) is 23.1 Å². The number of fused-ring (bicyclic) bond motifs is 2. The minimum absolute atomic E-state index is 0.0739. The Bertz CT molecular complexity index is 2330. The molecule has 0 aliphatic carbocycles. The Labute approximate surface area is 305 Å². The molecule has 1 saturated heterocycles. The predicted molar refractivity (Wildman–Crippen MR) is 197 cm³/mol. The van der Waals surface area contributed by atoms with Gasteiger partial charge in [0, 0.05) is 48.9 Å². The fraction of sp³-hybridized carbons (Fsp3) is 0.256. The maximum absolute atomic E-state index is 15.6. The van der Waals surface area contributed by atoms with Crippen LogP contribution in [-0.4, -0.2) is 45.1 Å². The lowest BCUT2D eigenvalue weighted by Crippen LogP contribution is -2.35. The van der Waals surface area contributed by atoms with Crippen molar-refractivity contribution in [1.29, 1.82) is 0 Å². The Hall–Kier alpha value is -5.45. The van der Waals surface area contributed by atoms with Gasteiger partial charge in [-0.2, -0.15) is 8.78 Å². The highest BCUT2D eigenvalue weighted by molar-refractivity contribution is 5.85. The van der Waals surface area contributed by atoms with Gasteiger partial charge >= 0.3 is 12.6 Å². The summed E-state index contributed by atoms with van der Waals surface area (Å²) in [6, 6.07) is 28.0. The number of aromatic nitrogens is 1. The number of oxazole rings is 1. The van der Waals surface area contributed by atoms with E-state index in [-0.39, 0.29) is 23.7 Å². The van der Waals surface area contributed by atoms with Crippen LogP contribution in [0.15, 0.2) is 95.4 Å². The first-order chi connectivity index (χ1) is 25.6. The van der Waals surface area contributed by atoms with Crippen molar-refractivity contribution in [3.05, 3.63) is 130 Å². The number of rotatable bonds is 10. The SMILES string of the molecule is Cc1c(-c2ccc(CN3Cc4ccccc4C3)c(F)c2)cccc1-c1cccc(-c2nc3cc(CN4CCCC4C(=O)O)c(OC(F)F)cc3o2)c1C. The quantitative estimate of drug-likeness (QED) is 0.151. The van der Waals surface area contributed by atoms with Gasteiger partial charge in [-0.15, -0.1) is 0 Å². The summed E-state index contributed by atoms with van der Waals surface area (Å²) in [6.45, 7) is 3.76. The summed E-state index contributed by atoms with van der Waals surface area (Å²) in [5, 5.41) is 9.65. The van der Waals surface area contributed by atoms with Gasteiger partial charge in [0.15, 0.2) is 5.58 Å². The summed E-state index contributed by atoms with van der Waals surface area (Å²) in [6.07, 6.45) is 1.20. The summed E-state index contributed by atoms with van der Waals surface area (Å²) >= 11 is 0. The molecule has 1 N–H and O–H groups in total. The normalized spacial score (nSPS) is 16.2. The van der Waals surface area contributed by atoms with Crippen molar-refractivity contribution >= 4 is 17.1 Å². The highest BCUT2D eigenvalue weighted by Crippen LogP contribution is 2.39. The molecule has 1 atom stereocenters. The van der Waals surface area contributed by atoms with E-state index in [2.05, 4.69) is 17.0 Å². The number of carboxylic acids is 1. The Morgan fingerprint density at radius 1 is 0.868 bits per heavy atom. The molecule has 3 heterocycles. The maximum atomic E-state index is 15.6. The predicted octanol–water partition coefficient (Wildman–Crippen LogP) is 9.75. The third-order valence-electron chi connectivity index (χ3n) is 10.7. The molecule has 8 rings (SSSR count). The van der Waals surface area contributed by atoms with Crippen LogP contribution in [-0.2, 0) is 31.0 Å². The lowest BCUT2D eigenvalue weighted by molar-refractivity contribution is -0.142. The molecule has 0 saturated carbocycles.